The second-order valence-electron chi connectivity index (χ2n) is 4.09. The topological polar surface area (TPSA) is 66.4 Å². The zero-order chi connectivity index (χ0) is 13.4. The van der Waals surface area contributed by atoms with E-state index in [1.165, 1.54) is 13.8 Å². The largest absolute Gasteiger partial charge is 0.478 e. The van der Waals surface area contributed by atoms with Crippen molar-refractivity contribution >= 4 is 11.9 Å². The third kappa shape index (κ3) is 2.59. The Morgan fingerprint density at radius 2 is 1.65 bits per heavy atom. The Balaban J connectivity index is 2.82. The molecule has 0 spiro atoms. The van der Waals surface area contributed by atoms with Gasteiger partial charge in [0.2, 0.25) is 5.91 Å². The lowest BCUT2D eigenvalue weighted by Gasteiger charge is -2.21. The molecule has 1 rings (SSSR count). The Bertz CT molecular complexity index is 394. The molecule has 96 valence electrons. The van der Waals surface area contributed by atoms with Gasteiger partial charge in [0.05, 0.1) is 0 Å². The van der Waals surface area contributed by atoms with Crippen LogP contribution in [0, 0.1) is 0 Å². The van der Waals surface area contributed by atoms with Crippen LogP contribution in [0.25, 0.3) is 0 Å². The number of halogens is 3. The molecular weight excluding hydrogens is 239 g/mol. The highest BCUT2D eigenvalue weighted by Crippen LogP contribution is 2.49. The van der Waals surface area contributed by atoms with Crippen molar-refractivity contribution in [2.75, 3.05) is 0 Å². The van der Waals surface area contributed by atoms with E-state index in [4.69, 9.17) is 5.11 Å². The summed E-state index contributed by atoms with van der Waals surface area (Å²) in [6.45, 7) is 2.36. The average molecular weight is 251 g/mol. The Morgan fingerprint density at radius 1 is 1.18 bits per heavy atom. The van der Waals surface area contributed by atoms with Gasteiger partial charge in [-0.05, 0) is 26.7 Å². The molecule has 0 heterocycles. The van der Waals surface area contributed by atoms with Gasteiger partial charge < -0.3 is 10.4 Å². The second-order valence-corrected chi connectivity index (χ2v) is 4.09. The lowest BCUT2D eigenvalue weighted by molar-refractivity contribution is -0.169. The SMILES string of the molecule is CC(C(=O)O)=C(C)C(=O)NC1(C(F)(F)F)CC1. The number of amides is 1. The molecule has 0 aliphatic heterocycles. The average Bonchev–Trinajstić information content (AvgIpc) is 2.95. The minimum atomic E-state index is -4.50. The van der Waals surface area contributed by atoms with Crippen molar-refractivity contribution in [2.45, 2.75) is 38.4 Å². The Morgan fingerprint density at radius 3 is 1.94 bits per heavy atom. The first-order valence-electron chi connectivity index (χ1n) is 4.91. The maximum atomic E-state index is 12.5. The smallest absolute Gasteiger partial charge is 0.411 e. The number of hydrogen-bond donors (Lipinski definition) is 2. The summed E-state index contributed by atoms with van der Waals surface area (Å²) in [4.78, 5) is 22.0. The van der Waals surface area contributed by atoms with Crippen LogP contribution >= 0.6 is 0 Å². The van der Waals surface area contributed by atoms with Crippen molar-refractivity contribution < 1.29 is 27.9 Å². The van der Waals surface area contributed by atoms with E-state index in [1.807, 2.05) is 5.32 Å². The summed E-state index contributed by atoms with van der Waals surface area (Å²) in [5, 5.41) is 10.5. The molecule has 0 unspecified atom stereocenters. The fourth-order valence-corrected chi connectivity index (χ4v) is 1.25. The highest BCUT2D eigenvalue weighted by atomic mass is 19.4. The minimum absolute atomic E-state index is 0.165. The number of aliphatic carboxylic acids is 1. The molecule has 1 aliphatic rings. The maximum absolute atomic E-state index is 12.5. The molecule has 7 heteroatoms. The van der Waals surface area contributed by atoms with E-state index in [0.717, 1.165) is 0 Å². The van der Waals surface area contributed by atoms with Crippen molar-refractivity contribution in [1.29, 1.82) is 0 Å². The molecule has 1 aliphatic carbocycles. The predicted octanol–water partition coefficient (Wildman–Crippen LogP) is 1.62. The van der Waals surface area contributed by atoms with E-state index in [9.17, 15) is 22.8 Å². The van der Waals surface area contributed by atoms with E-state index in [1.54, 1.807) is 0 Å². The van der Waals surface area contributed by atoms with Gasteiger partial charge in [-0.25, -0.2) is 4.79 Å². The predicted molar refractivity (Wildman–Crippen MR) is 52.2 cm³/mol. The van der Waals surface area contributed by atoms with Gasteiger partial charge in [0.15, 0.2) is 0 Å². The molecule has 0 aromatic heterocycles. The van der Waals surface area contributed by atoms with Gasteiger partial charge in [0.1, 0.15) is 5.54 Å². The van der Waals surface area contributed by atoms with Gasteiger partial charge in [-0.1, -0.05) is 0 Å². The molecule has 1 fully saturated rings. The monoisotopic (exact) mass is 251 g/mol. The quantitative estimate of drug-likeness (QED) is 0.749. The zero-order valence-corrected chi connectivity index (χ0v) is 9.31. The first-order chi connectivity index (χ1) is 7.61. The summed E-state index contributed by atoms with van der Waals surface area (Å²) in [7, 11) is 0. The molecule has 4 nitrogen and oxygen atoms in total. The number of rotatable bonds is 3. The van der Waals surface area contributed by atoms with Crippen molar-refractivity contribution in [3.05, 3.63) is 11.1 Å². The molecule has 2 N–H and O–H groups in total. The third-order valence-electron chi connectivity index (χ3n) is 2.87. The van der Waals surface area contributed by atoms with Crippen molar-refractivity contribution in [3.8, 4) is 0 Å². The molecule has 1 saturated carbocycles. The maximum Gasteiger partial charge on any atom is 0.411 e. The molecule has 0 atom stereocenters. The highest BCUT2D eigenvalue weighted by molar-refractivity contribution is 6.01. The number of carboxylic acids is 1. The summed E-state index contributed by atoms with van der Waals surface area (Å²) in [6, 6.07) is 0. The van der Waals surface area contributed by atoms with Crippen LogP contribution < -0.4 is 5.32 Å². The number of hydrogen-bond acceptors (Lipinski definition) is 2. The van der Waals surface area contributed by atoms with Crippen LogP contribution in [0.3, 0.4) is 0 Å². The van der Waals surface area contributed by atoms with Gasteiger partial charge in [-0.2, -0.15) is 13.2 Å². The van der Waals surface area contributed by atoms with Crippen molar-refractivity contribution in [2.24, 2.45) is 0 Å². The van der Waals surface area contributed by atoms with Gasteiger partial charge in [0.25, 0.3) is 0 Å². The van der Waals surface area contributed by atoms with Crippen LogP contribution in [0.5, 0.6) is 0 Å². The van der Waals surface area contributed by atoms with E-state index in [2.05, 4.69) is 0 Å². The number of carboxylic acid groups (broad SMARTS) is 1. The lowest BCUT2D eigenvalue weighted by atomic mass is 10.1. The molecular formula is C10H12F3NO3. The minimum Gasteiger partial charge on any atom is -0.478 e. The Hall–Kier alpha value is -1.53. The van der Waals surface area contributed by atoms with Crippen LogP contribution in [-0.2, 0) is 9.59 Å². The summed E-state index contributed by atoms with van der Waals surface area (Å²) < 4.78 is 37.6. The lowest BCUT2D eigenvalue weighted by Crippen LogP contribution is -2.48. The fraction of sp³-hybridized carbons (Fsp3) is 0.600. The van der Waals surface area contributed by atoms with E-state index in [-0.39, 0.29) is 24.0 Å². The second kappa shape index (κ2) is 4.05. The number of alkyl halides is 3. The van der Waals surface area contributed by atoms with Crippen LogP contribution in [0.2, 0.25) is 0 Å². The summed E-state index contributed by atoms with van der Waals surface area (Å²) in [5.41, 5.74) is -2.64. The molecule has 0 aromatic carbocycles. The van der Waals surface area contributed by atoms with Crippen LogP contribution in [0.15, 0.2) is 11.1 Å². The third-order valence-corrected chi connectivity index (χ3v) is 2.87. The fourth-order valence-electron chi connectivity index (χ4n) is 1.25. The molecule has 0 aromatic rings. The number of carbonyl (C=O) groups is 2. The van der Waals surface area contributed by atoms with Crippen LogP contribution in [-0.4, -0.2) is 28.7 Å². The standard InChI is InChI=1S/C10H12F3NO3/c1-5(6(2)8(16)17)7(15)14-9(3-4-9)10(11,12)13/h3-4H2,1-2H3,(H,14,15)(H,16,17). The molecule has 0 bridgehead atoms. The van der Waals surface area contributed by atoms with Crippen LogP contribution in [0.1, 0.15) is 26.7 Å². The normalized spacial score (nSPS) is 19.4. The summed E-state index contributed by atoms with van der Waals surface area (Å²) >= 11 is 0. The van der Waals surface area contributed by atoms with Gasteiger partial charge >= 0.3 is 12.1 Å². The number of nitrogens with one attached hydrogen (secondary N) is 1. The van der Waals surface area contributed by atoms with Crippen molar-refractivity contribution in [3.63, 3.8) is 0 Å². The zero-order valence-electron chi connectivity index (χ0n) is 9.31. The number of carbonyl (C=O) groups excluding carboxylic acids is 1. The molecule has 1 amide bonds. The van der Waals surface area contributed by atoms with Crippen molar-refractivity contribution in [1.82, 2.24) is 5.32 Å². The van der Waals surface area contributed by atoms with E-state index in [0.29, 0.717) is 0 Å². The summed E-state index contributed by atoms with van der Waals surface area (Å²) in [5.74, 6) is -2.31. The first-order valence-corrected chi connectivity index (χ1v) is 4.91. The van der Waals surface area contributed by atoms with E-state index >= 15 is 0 Å². The van der Waals surface area contributed by atoms with Crippen LogP contribution in [0.4, 0.5) is 13.2 Å². The van der Waals surface area contributed by atoms with Gasteiger partial charge in [0, 0.05) is 11.1 Å². The van der Waals surface area contributed by atoms with Gasteiger partial charge in [-0.3, -0.25) is 4.79 Å². The Kier molecular flexibility index (Phi) is 3.22. The first kappa shape index (κ1) is 13.5. The summed E-state index contributed by atoms with van der Waals surface area (Å²) in [6.07, 6.45) is -4.83. The molecule has 0 radical (unpaired) electrons. The van der Waals surface area contributed by atoms with Gasteiger partial charge in [-0.15, -0.1) is 0 Å². The molecule has 0 saturated heterocycles. The van der Waals surface area contributed by atoms with E-state index < -0.39 is 23.6 Å². The molecule has 17 heavy (non-hydrogen) atoms. The highest BCUT2D eigenvalue weighted by Gasteiger charge is 2.64. The Labute approximate surface area is 95.5 Å².